The SMILES string of the molecule is O=C(NC1CCc2ccccc21)c1cccnc1N1CCCC1. The van der Waals surface area contributed by atoms with Crippen LogP contribution >= 0.6 is 0 Å². The number of amides is 1. The molecule has 1 amide bonds. The van der Waals surface area contributed by atoms with Gasteiger partial charge in [-0.1, -0.05) is 24.3 Å². The van der Waals surface area contributed by atoms with Gasteiger partial charge in [-0.05, 0) is 48.9 Å². The largest absolute Gasteiger partial charge is 0.356 e. The van der Waals surface area contributed by atoms with Crippen molar-refractivity contribution in [2.45, 2.75) is 31.7 Å². The number of rotatable bonds is 3. The minimum absolute atomic E-state index is 0.0123. The lowest BCUT2D eigenvalue weighted by Crippen LogP contribution is -2.30. The second-order valence-corrected chi connectivity index (χ2v) is 6.33. The summed E-state index contributed by atoms with van der Waals surface area (Å²) in [5, 5.41) is 3.21. The lowest BCUT2D eigenvalue weighted by molar-refractivity contribution is 0.0937. The second-order valence-electron chi connectivity index (χ2n) is 6.33. The highest BCUT2D eigenvalue weighted by Gasteiger charge is 2.26. The summed E-state index contributed by atoms with van der Waals surface area (Å²) < 4.78 is 0. The average Bonchev–Trinajstić information content (AvgIpc) is 3.25. The third-order valence-electron chi connectivity index (χ3n) is 4.88. The third kappa shape index (κ3) is 2.69. The van der Waals surface area contributed by atoms with E-state index >= 15 is 0 Å². The lowest BCUT2D eigenvalue weighted by atomic mass is 10.1. The molecule has 23 heavy (non-hydrogen) atoms. The van der Waals surface area contributed by atoms with Crippen LogP contribution in [0.4, 0.5) is 5.82 Å². The average molecular weight is 307 g/mol. The van der Waals surface area contributed by atoms with E-state index in [0.717, 1.165) is 31.7 Å². The van der Waals surface area contributed by atoms with Crippen molar-refractivity contribution < 1.29 is 4.79 Å². The summed E-state index contributed by atoms with van der Waals surface area (Å²) in [4.78, 5) is 19.5. The van der Waals surface area contributed by atoms with Crippen LogP contribution in [0.25, 0.3) is 0 Å². The molecule has 4 heteroatoms. The van der Waals surface area contributed by atoms with Crippen LogP contribution in [0.3, 0.4) is 0 Å². The van der Waals surface area contributed by atoms with Crippen LogP contribution in [-0.2, 0) is 6.42 Å². The topological polar surface area (TPSA) is 45.2 Å². The van der Waals surface area contributed by atoms with Gasteiger partial charge in [-0.2, -0.15) is 0 Å². The zero-order chi connectivity index (χ0) is 15.6. The molecule has 4 rings (SSSR count). The summed E-state index contributed by atoms with van der Waals surface area (Å²) >= 11 is 0. The number of fused-ring (bicyclic) bond motifs is 1. The molecule has 1 aromatic carbocycles. The standard InChI is InChI=1S/C19H21N3O/c23-19(21-17-10-9-14-6-1-2-7-15(14)17)16-8-5-11-20-18(16)22-12-3-4-13-22/h1-2,5-8,11,17H,3-4,9-10,12-13H2,(H,21,23). The van der Waals surface area contributed by atoms with Crippen molar-refractivity contribution in [1.29, 1.82) is 0 Å². The van der Waals surface area contributed by atoms with E-state index in [1.54, 1.807) is 6.20 Å². The van der Waals surface area contributed by atoms with Gasteiger partial charge in [0.1, 0.15) is 5.82 Å². The summed E-state index contributed by atoms with van der Waals surface area (Å²) in [6, 6.07) is 12.2. The first kappa shape index (κ1) is 14.2. The molecule has 118 valence electrons. The lowest BCUT2D eigenvalue weighted by Gasteiger charge is -2.21. The Morgan fingerprint density at radius 3 is 2.83 bits per heavy atom. The van der Waals surface area contributed by atoms with Crippen molar-refractivity contribution >= 4 is 11.7 Å². The van der Waals surface area contributed by atoms with E-state index in [9.17, 15) is 4.79 Å². The fourth-order valence-corrected chi connectivity index (χ4v) is 3.70. The molecule has 1 N–H and O–H groups in total. The normalized spacial score (nSPS) is 19.7. The predicted octanol–water partition coefficient (Wildman–Crippen LogP) is 3.10. The van der Waals surface area contributed by atoms with Crippen LogP contribution in [0, 0.1) is 0 Å². The van der Waals surface area contributed by atoms with Gasteiger partial charge >= 0.3 is 0 Å². The summed E-state index contributed by atoms with van der Waals surface area (Å²) in [5.41, 5.74) is 3.30. The van der Waals surface area contributed by atoms with Gasteiger partial charge < -0.3 is 10.2 Å². The highest BCUT2D eigenvalue weighted by molar-refractivity contribution is 5.99. The smallest absolute Gasteiger partial charge is 0.255 e. The van der Waals surface area contributed by atoms with Gasteiger partial charge in [0, 0.05) is 19.3 Å². The van der Waals surface area contributed by atoms with Gasteiger partial charge in [-0.25, -0.2) is 4.98 Å². The van der Waals surface area contributed by atoms with Crippen LogP contribution in [0.15, 0.2) is 42.6 Å². The molecule has 0 spiro atoms. The number of hydrogen-bond acceptors (Lipinski definition) is 3. The predicted molar refractivity (Wildman–Crippen MR) is 90.7 cm³/mol. The number of nitrogens with one attached hydrogen (secondary N) is 1. The highest BCUT2D eigenvalue weighted by atomic mass is 16.1. The van der Waals surface area contributed by atoms with Crippen molar-refractivity contribution in [3.63, 3.8) is 0 Å². The Kier molecular flexibility index (Phi) is 3.74. The maximum Gasteiger partial charge on any atom is 0.255 e. The summed E-state index contributed by atoms with van der Waals surface area (Å²) in [6.07, 6.45) is 6.13. The van der Waals surface area contributed by atoms with E-state index in [1.165, 1.54) is 24.0 Å². The molecule has 0 saturated carbocycles. The zero-order valence-corrected chi connectivity index (χ0v) is 13.2. The molecule has 2 heterocycles. The quantitative estimate of drug-likeness (QED) is 0.947. The number of hydrogen-bond donors (Lipinski definition) is 1. The maximum atomic E-state index is 12.8. The van der Waals surface area contributed by atoms with Crippen LogP contribution in [0.5, 0.6) is 0 Å². The van der Waals surface area contributed by atoms with Gasteiger partial charge in [0.25, 0.3) is 5.91 Å². The van der Waals surface area contributed by atoms with Crippen LogP contribution in [0.1, 0.15) is 46.8 Å². The molecule has 0 radical (unpaired) electrons. The fourth-order valence-electron chi connectivity index (χ4n) is 3.70. The highest BCUT2D eigenvalue weighted by Crippen LogP contribution is 2.31. The van der Waals surface area contributed by atoms with Gasteiger partial charge in [0.2, 0.25) is 0 Å². The molecule has 2 aromatic rings. The van der Waals surface area contributed by atoms with Crippen molar-refractivity contribution in [2.24, 2.45) is 0 Å². The summed E-state index contributed by atoms with van der Waals surface area (Å²) in [5.74, 6) is 0.815. The minimum atomic E-state index is -0.0123. The Morgan fingerprint density at radius 1 is 1.13 bits per heavy atom. The van der Waals surface area contributed by atoms with E-state index in [1.807, 2.05) is 18.2 Å². The number of nitrogens with zero attached hydrogens (tertiary/aromatic N) is 2. The molecule has 1 saturated heterocycles. The number of aryl methyl sites for hydroxylation is 1. The van der Waals surface area contributed by atoms with Crippen molar-refractivity contribution in [2.75, 3.05) is 18.0 Å². The van der Waals surface area contributed by atoms with Gasteiger partial charge in [0.15, 0.2) is 0 Å². The Labute approximate surface area is 136 Å². The first-order chi connectivity index (χ1) is 11.3. The zero-order valence-electron chi connectivity index (χ0n) is 13.2. The molecule has 4 nitrogen and oxygen atoms in total. The van der Waals surface area contributed by atoms with Gasteiger partial charge in [-0.15, -0.1) is 0 Å². The number of benzene rings is 1. The third-order valence-corrected chi connectivity index (χ3v) is 4.88. The van der Waals surface area contributed by atoms with E-state index < -0.39 is 0 Å². The number of aromatic nitrogens is 1. The molecule has 1 unspecified atom stereocenters. The molecular formula is C19H21N3O. The first-order valence-electron chi connectivity index (χ1n) is 8.41. The van der Waals surface area contributed by atoms with Crippen molar-refractivity contribution in [3.05, 3.63) is 59.3 Å². The summed E-state index contributed by atoms with van der Waals surface area (Å²) in [7, 11) is 0. The molecule has 1 aliphatic carbocycles. The first-order valence-corrected chi connectivity index (χ1v) is 8.41. The second kappa shape index (κ2) is 6.03. The number of carbonyl (C=O) groups is 1. The number of pyridine rings is 1. The van der Waals surface area contributed by atoms with E-state index in [0.29, 0.717) is 5.56 Å². The molecular weight excluding hydrogens is 286 g/mol. The minimum Gasteiger partial charge on any atom is -0.356 e. The molecule has 0 bridgehead atoms. The maximum absolute atomic E-state index is 12.8. The fraction of sp³-hybridized carbons (Fsp3) is 0.368. The Hall–Kier alpha value is -2.36. The van der Waals surface area contributed by atoms with E-state index in [-0.39, 0.29) is 11.9 Å². The molecule has 1 atom stereocenters. The van der Waals surface area contributed by atoms with Gasteiger partial charge in [-0.3, -0.25) is 4.79 Å². The van der Waals surface area contributed by atoms with E-state index in [4.69, 9.17) is 0 Å². The molecule has 1 fully saturated rings. The number of carbonyl (C=O) groups excluding carboxylic acids is 1. The Morgan fingerprint density at radius 2 is 1.96 bits per heavy atom. The van der Waals surface area contributed by atoms with Crippen LogP contribution in [0.2, 0.25) is 0 Å². The molecule has 2 aliphatic rings. The summed E-state index contributed by atoms with van der Waals surface area (Å²) in [6.45, 7) is 1.98. The monoisotopic (exact) mass is 307 g/mol. The van der Waals surface area contributed by atoms with Crippen molar-refractivity contribution in [3.8, 4) is 0 Å². The molecule has 1 aromatic heterocycles. The van der Waals surface area contributed by atoms with Crippen molar-refractivity contribution in [1.82, 2.24) is 10.3 Å². The van der Waals surface area contributed by atoms with Crippen LogP contribution in [-0.4, -0.2) is 24.0 Å². The molecule has 1 aliphatic heterocycles. The Bertz CT molecular complexity index is 722. The number of anilines is 1. The van der Waals surface area contributed by atoms with E-state index in [2.05, 4.69) is 33.4 Å². The Balaban J connectivity index is 1.56. The van der Waals surface area contributed by atoms with Crippen LogP contribution < -0.4 is 10.2 Å². The van der Waals surface area contributed by atoms with Gasteiger partial charge in [0.05, 0.1) is 11.6 Å².